The molecule has 1 aromatic rings. The zero-order valence-corrected chi connectivity index (χ0v) is 17.7. The van der Waals surface area contributed by atoms with Gasteiger partial charge in [-0.1, -0.05) is 0 Å². The van der Waals surface area contributed by atoms with Crippen LogP contribution in [0.3, 0.4) is 0 Å². The van der Waals surface area contributed by atoms with Gasteiger partial charge in [-0.05, 0) is 12.0 Å². The lowest BCUT2D eigenvalue weighted by atomic mass is 10.1. The van der Waals surface area contributed by atoms with Gasteiger partial charge in [0.15, 0.2) is 0 Å². The zero-order chi connectivity index (χ0) is 22.9. The third kappa shape index (κ3) is 6.83. The summed E-state index contributed by atoms with van der Waals surface area (Å²) >= 11 is 0. The summed E-state index contributed by atoms with van der Waals surface area (Å²) in [5, 5.41) is 3.50. The zero-order valence-electron chi connectivity index (χ0n) is 15.0. The van der Waals surface area contributed by atoms with Crippen molar-refractivity contribution in [1.82, 2.24) is 9.55 Å². The van der Waals surface area contributed by atoms with Crippen molar-refractivity contribution in [2.24, 2.45) is 5.11 Å². The second-order valence-corrected chi connectivity index (χ2v) is 10.4. The van der Waals surface area contributed by atoms with Gasteiger partial charge < -0.3 is 24.3 Å². The van der Waals surface area contributed by atoms with Crippen molar-refractivity contribution in [1.29, 1.82) is 0 Å². The maximum atomic E-state index is 12.0. The van der Waals surface area contributed by atoms with E-state index in [2.05, 4.69) is 23.2 Å². The van der Waals surface area contributed by atoms with Crippen LogP contribution in [0.25, 0.3) is 0 Å². The highest BCUT2D eigenvalue weighted by Crippen LogP contribution is 2.66. The van der Waals surface area contributed by atoms with E-state index < -0.39 is 59.7 Å². The molecule has 5 atom stereocenters. The number of aromatic amines is 1. The van der Waals surface area contributed by atoms with Crippen LogP contribution < -0.4 is 16.8 Å². The molecule has 17 nitrogen and oxygen atoms in total. The molecular weight excluding hydrogens is 477 g/mol. The normalized spacial score (nSPS) is 26.1. The average molecular weight is 495 g/mol. The van der Waals surface area contributed by atoms with Gasteiger partial charge in [0, 0.05) is 18.2 Å². The molecule has 2 heterocycles. The lowest BCUT2D eigenvalue weighted by Gasteiger charge is -2.19. The summed E-state index contributed by atoms with van der Waals surface area (Å²) in [5.41, 5.74) is 4.07. The number of hydrogen-bond acceptors (Lipinski definition) is 10. The van der Waals surface area contributed by atoms with Gasteiger partial charge in [0.2, 0.25) is 0 Å². The maximum absolute atomic E-state index is 12.0. The van der Waals surface area contributed by atoms with Crippen molar-refractivity contribution < 1.29 is 56.7 Å². The summed E-state index contributed by atoms with van der Waals surface area (Å²) in [5.74, 6) is 0. The van der Waals surface area contributed by atoms with Crippen LogP contribution in [0.1, 0.15) is 18.2 Å². The number of nitrogens with two attached hydrogens (primary N) is 1. The van der Waals surface area contributed by atoms with E-state index in [4.69, 9.17) is 24.9 Å². The highest BCUT2D eigenvalue weighted by Gasteiger charge is 2.43. The number of hydrogen-bond donors (Lipinski definition) is 6. The Balaban J connectivity index is 2.08. The molecule has 170 valence electrons. The summed E-state index contributed by atoms with van der Waals surface area (Å²) in [6.45, 7) is 0.657. The summed E-state index contributed by atoms with van der Waals surface area (Å²) in [6.07, 6.45) is -0.889. The maximum Gasteiger partial charge on any atom is 0.490 e. The Kier molecular flexibility index (Phi) is 7.49. The number of rotatable bonds is 9. The van der Waals surface area contributed by atoms with Gasteiger partial charge in [-0.2, -0.15) is 14.2 Å². The lowest BCUT2D eigenvalue weighted by Crippen LogP contribution is -2.34. The number of ether oxygens (including phenoxy) is 1. The van der Waals surface area contributed by atoms with Crippen molar-refractivity contribution >= 4 is 23.5 Å². The number of phosphoric ester groups is 1. The standard InChI is InChI=1S/C10H17N4O13P3/c1-5-3-14(10(16)12-9(5)15)8-2-6(13-11)7(25-8)4-24-29(20,21)27-30(22,23)26-28(17,18)19/h3,6-8,11H,2,4H2,1H3,(H,20,21)(H,22,23)(H,12,15,16)(H2,17,18,19)/p+1/t6-,7+,8+/m0/s1. The van der Waals surface area contributed by atoms with Crippen LogP contribution in [-0.4, -0.2) is 47.9 Å². The van der Waals surface area contributed by atoms with E-state index in [1.807, 2.05) is 0 Å². The van der Waals surface area contributed by atoms with Crippen molar-refractivity contribution in [2.75, 3.05) is 6.61 Å². The van der Waals surface area contributed by atoms with Crippen LogP contribution in [0.15, 0.2) is 20.9 Å². The fraction of sp³-hybridized carbons (Fsp3) is 0.600. The monoisotopic (exact) mass is 495 g/mol. The molecule has 0 spiro atoms. The van der Waals surface area contributed by atoms with Crippen LogP contribution >= 0.6 is 23.5 Å². The molecule has 7 N–H and O–H groups in total. The van der Waals surface area contributed by atoms with E-state index >= 15 is 0 Å². The molecule has 1 aliphatic rings. The molecule has 2 rings (SSSR count). The van der Waals surface area contributed by atoms with E-state index in [0.717, 1.165) is 4.57 Å². The van der Waals surface area contributed by atoms with Crippen molar-refractivity contribution in [3.63, 3.8) is 0 Å². The molecule has 1 fully saturated rings. The van der Waals surface area contributed by atoms with Gasteiger partial charge in [0.25, 0.3) is 5.56 Å². The minimum absolute atomic E-state index is 0.00627. The topological polar surface area (TPSA) is 262 Å². The number of nitrogens with one attached hydrogen (secondary N) is 1. The third-order valence-corrected chi connectivity index (χ3v) is 7.47. The summed E-state index contributed by atoms with van der Waals surface area (Å²) < 4.78 is 51.9. The first kappa shape index (κ1) is 24.9. The Bertz CT molecular complexity index is 1060. The van der Waals surface area contributed by atoms with Crippen LogP contribution in [0.4, 0.5) is 0 Å². The molecule has 0 saturated carbocycles. The molecule has 0 aliphatic carbocycles. The van der Waals surface area contributed by atoms with E-state index in [-0.39, 0.29) is 12.0 Å². The Morgan fingerprint density at radius 1 is 1.23 bits per heavy atom. The smallest absolute Gasteiger partial charge is 0.350 e. The van der Waals surface area contributed by atoms with Gasteiger partial charge in [0.05, 0.1) is 6.61 Å². The summed E-state index contributed by atoms with van der Waals surface area (Å²) in [6, 6.07) is -0.860. The second-order valence-electron chi connectivity index (χ2n) is 5.95. The first-order valence-electron chi connectivity index (χ1n) is 7.78. The molecule has 2 unspecified atom stereocenters. The van der Waals surface area contributed by atoms with Crippen LogP contribution in [0, 0.1) is 6.92 Å². The SMILES string of the molecule is Cc1cn([C@H]2C[C@H](N=[NH2+])[C@@H](COP(=O)(O)OP(=O)(O)OP(=O)(O)O)O2)c(=O)[nH]c1=O. The Hall–Kier alpha value is -1.35. The lowest BCUT2D eigenvalue weighted by molar-refractivity contribution is -0.231. The van der Waals surface area contributed by atoms with Gasteiger partial charge >= 0.3 is 29.2 Å². The number of phosphoric acid groups is 3. The first-order chi connectivity index (χ1) is 13.6. The van der Waals surface area contributed by atoms with E-state index in [9.17, 15) is 28.2 Å². The molecule has 0 radical (unpaired) electrons. The Morgan fingerprint density at radius 3 is 2.43 bits per heavy atom. The average Bonchev–Trinajstić information content (AvgIpc) is 2.96. The Morgan fingerprint density at radius 2 is 1.87 bits per heavy atom. The van der Waals surface area contributed by atoms with Gasteiger partial charge in [-0.3, -0.25) is 18.9 Å². The van der Waals surface area contributed by atoms with Crippen LogP contribution in [-0.2, 0) is 31.6 Å². The van der Waals surface area contributed by atoms with Crippen LogP contribution in [0.5, 0.6) is 0 Å². The number of aryl methyl sites for hydroxylation is 1. The largest absolute Gasteiger partial charge is 0.490 e. The summed E-state index contributed by atoms with van der Waals surface area (Å²) in [4.78, 5) is 61.1. The van der Waals surface area contributed by atoms with Crippen molar-refractivity contribution in [2.45, 2.75) is 31.7 Å². The van der Waals surface area contributed by atoms with Crippen LogP contribution in [0.2, 0.25) is 0 Å². The quantitative estimate of drug-likeness (QED) is 0.161. The molecule has 0 aromatic carbocycles. The van der Waals surface area contributed by atoms with Gasteiger partial charge in [0.1, 0.15) is 18.4 Å². The first-order valence-corrected chi connectivity index (χ1v) is 12.3. The molecule has 30 heavy (non-hydrogen) atoms. The second kappa shape index (κ2) is 9.02. The number of H-pyrrole nitrogens is 1. The predicted molar refractivity (Wildman–Crippen MR) is 92.5 cm³/mol. The van der Waals surface area contributed by atoms with Gasteiger partial charge in [-0.15, -0.1) is 0 Å². The highest BCUT2D eigenvalue weighted by atomic mass is 31.3. The number of aromatic nitrogens is 2. The number of nitrogens with zero attached hydrogens (tertiary/aromatic N) is 2. The van der Waals surface area contributed by atoms with E-state index in [0.29, 0.717) is 0 Å². The van der Waals surface area contributed by atoms with Crippen molar-refractivity contribution in [3.05, 3.63) is 32.6 Å². The van der Waals surface area contributed by atoms with Gasteiger partial charge in [-0.25, -0.2) is 18.5 Å². The molecule has 20 heteroatoms. The Labute approximate surface area is 166 Å². The molecule has 1 saturated heterocycles. The van der Waals surface area contributed by atoms with E-state index in [1.165, 1.54) is 13.1 Å². The molecule has 0 amide bonds. The summed E-state index contributed by atoms with van der Waals surface area (Å²) in [7, 11) is -16.6. The molecule has 0 bridgehead atoms. The fourth-order valence-electron chi connectivity index (χ4n) is 2.46. The minimum atomic E-state index is -5.67. The minimum Gasteiger partial charge on any atom is -0.350 e. The predicted octanol–water partition coefficient (Wildman–Crippen LogP) is -1.94. The molecule has 1 aromatic heterocycles. The molecular formula is C10H18N4O13P3+. The van der Waals surface area contributed by atoms with E-state index in [1.54, 1.807) is 0 Å². The fourth-order valence-corrected chi connectivity index (χ4v) is 5.49. The van der Waals surface area contributed by atoms with Crippen molar-refractivity contribution in [3.8, 4) is 0 Å². The highest BCUT2D eigenvalue weighted by molar-refractivity contribution is 7.66. The molecule has 1 aliphatic heterocycles. The third-order valence-electron chi connectivity index (χ3n) is 3.67.